The third kappa shape index (κ3) is 5.42. The smallest absolute Gasteiger partial charge is 0.236 e. The molecule has 0 saturated carbocycles. The Balaban J connectivity index is 0.00000240. The molecule has 0 saturated heterocycles. The molecule has 2 aromatic heterocycles. The van der Waals surface area contributed by atoms with Crippen LogP contribution in [0.3, 0.4) is 0 Å². The number of aryl methyl sites for hydroxylation is 1. The summed E-state index contributed by atoms with van der Waals surface area (Å²) in [6.07, 6.45) is 0. The molecule has 2 heterocycles. The number of halogens is 1. The predicted molar refractivity (Wildman–Crippen MR) is 130 cm³/mol. The van der Waals surface area contributed by atoms with Crippen LogP contribution in [0.1, 0.15) is 9.75 Å². The van der Waals surface area contributed by atoms with Crippen LogP contribution in [0.4, 0.5) is 5.69 Å². The number of thiophene rings is 1. The standard InChI is InChI=1S/C21H16N2O2S3.BrH/c1-14-11-18(19-12-27-13-22-19)20(28-14)21(26)25-23-15-7-9-17(10-8-15)24-16-5-3-2-4-6-16;/h2-13,23H,1H3;1H. The van der Waals surface area contributed by atoms with Crippen molar-refractivity contribution in [2.24, 2.45) is 0 Å². The van der Waals surface area contributed by atoms with Gasteiger partial charge in [-0.1, -0.05) is 18.2 Å². The fourth-order valence-electron chi connectivity index (χ4n) is 2.57. The molecule has 0 atom stereocenters. The Morgan fingerprint density at radius 2 is 1.76 bits per heavy atom. The monoisotopic (exact) mass is 504 g/mol. The first-order valence-corrected chi connectivity index (χ1v) is 10.6. The molecular formula is C21H17BrN2O2S3. The number of nitrogens with one attached hydrogen (secondary N) is 1. The quantitative estimate of drug-likeness (QED) is 0.221. The Morgan fingerprint density at radius 1 is 1.03 bits per heavy atom. The number of nitrogens with zero attached hydrogens (tertiary/aromatic N) is 1. The normalized spacial score (nSPS) is 10.1. The second kappa shape index (κ2) is 9.98. The first kappa shape index (κ1) is 21.4. The Kier molecular flexibility index (Phi) is 7.38. The van der Waals surface area contributed by atoms with Crippen molar-refractivity contribution in [1.29, 1.82) is 0 Å². The molecule has 0 amide bonds. The first-order valence-electron chi connectivity index (χ1n) is 8.48. The number of benzene rings is 2. The van der Waals surface area contributed by atoms with E-state index in [0.29, 0.717) is 5.05 Å². The maximum atomic E-state index is 5.79. The highest BCUT2D eigenvalue weighted by Crippen LogP contribution is 2.32. The van der Waals surface area contributed by atoms with Crippen molar-refractivity contribution in [3.05, 3.63) is 81.3 Å². The van der Waals surface area contributed by atoms with E-state index < -0.39 is 0 Å². The van der Waals surface area contributed by atoms with E-state index in [0.717, 1.165) is 38.2 Å². The van der Waals surface area contributed by atoms with Gasteiger partial charge in [0.15, 0.2) is 0 Å². The second-order valence-electron chi connectivity index (χ2n) is 5.90. The lowest BCUT2D eigenvalue weighted by atomic mass is 10.2. The van der Waals surface area contributed by atoms with E-state index >= 15 is 0 Å². The molecule has 1 N–H and O–H groups in total. The van der Waals surface area contributed by atoms with Crippen molar-refractivity contribution in [3.8, 4) is 22.8 Å². The van der Waals surface area contributed by atoms with E-state index in [2.05, 4.69) is 16.5 Å². The Morgan fingerprint density at radius 3 is 2.45 bits per heavy atom. The lowest BCUT2D eigenvalue weighted by Crippen LogP contribution is -2.09. The molecule has 0 aliphatic rings. The van der Waals surface area contributed by atoms with Crippen LogP contribution in [-0.4, -0.2) is 10.0 Å². The van der Waals surface area contributed by atoms with E-state index in [9.17, 15) is 0 Å². The molecule has 8 heteroatoms. The number of rotatable bonds is 6. The van der Waals surface area contributed by atoms with Crippen molar-refractivity contribution >= 4 is 62.6 Å². The van der Waals surface area contributed by atoms with Crippen LogP contribution in [0, 0.1) is 6.92 Å². The number of para-hydroxylation sites is 1. The summed E-state index contributed by atoms with van der Waals surface area (Å²) in [4.78, 5) is 12.1. The molecule has 0 aliphatic heterocycles. The molecule has 4 rings (SSSR count). The van der Waals surface area contributed by atoms with Gasteiger partial charge in [-0.3, -0.25) is 0 Å². The second-order valence-corrected chi connectivity index (χ2v) is 8.25. The molecule has 0 aliphatic carbocycles. The first-order chi connectivity index (χ1) is 13.7. The van der Waals surface area contributed by atoms with Crippen LogP contribution >= 0.6 is 51.9 Å². The van der Waals surface area contributed by atoms with Crippen molar-refractivity contribution in [1.82, 2.24) is 4.98 Å². The molecule has 148 valence electrons. The largest absolute Gasteiger partial charge is 0.457 e. The van der Waals surface area contributed by atoms with Gasteiger partial charge in [0.1, 0.15) is 11.5 Å². The number of hydrogen-bond donors (Lipinski definition) is 1. The van der Waals surface area contributed by atoms with E-state index in [-0.39, 0.29) is 17.0 Å². The van der Waals surface area contributed by atoms with Gasteiger partial charge in [-0.05, 0) is 61.6 Å². The fourth-order valence-corrected chi connectivity index (χ4v) is 4.29. The van der Waals surface area contributed by atoms with Gasteiger partial charge < -0.3 is 9.57 Å². The topological polar surface area (TPSA) is 43.4 Å². The maximum absolute atomic E-state index is 5.79. The summed E-state index contributed by atoms with van der Waals surface area (Å²) >= 11 is 8.64. The van der Waals surface area contributed by atoms with E-state index in [4.69, 9.17) is 21.8 Å². The third-order valence-electron chi connectivity index (χ3n) is 3.84. The zero-order valence-electron chi connectivity index (χ0n) is 15.3. The van der Waals surface area contributed by atoms with Crippen LogP contribution in [0.25, 0.3) is 11.3 Å². The zero-order valence-corrected chi connectivity index (χ0v) is 19.5. The lowest BCUT2D eigenvalue weighted by molar-refractivity contribution is 0.406. The number of hydrogen-bond acceptors (Lipinski definition) is 7. The fraction of sp³-hybridized carbons (Fsp3) is 0.0476. The molecule has 0 fully saturated rings. The minimum atomic E-state index is 0. The number of anilines is 1. The SMILES string of the molecule is Br.Cc1cc(-c2cscn2)c(C(=S)ONc2ccc(Oc3ccccc3)cc2)s1. The average molecular weight is 505 g/mol. The molecule has 2 aromatic carbocycles. The number of aromatic nitrogens is 1. The van der Waals surface area contributed by atoms with Crippen LogP contribution in [0.5, 0.6) is 11.5 Å². The predicted octanol–water partition coefficient (Wildman–Crippen LogP) is 7.27. The summed E-state index contributed by atoms with van der Waals surface area (Å²) in [5.74, 6) is 1.54. The number of thiocarbonyl (C=S) groups is 1. The lowest BCUT2D eigenvalue weighted by Gasteiger charge is -2.10. The summed E-state index contributed by atoms with van der Waals surface area (Å²) in [7, 11) is 0. The van der Waals surface area contributed by atoms with Crippen LogP contribution in [0.2, 0.25) is 0 Å². The molecule has 0 bridgehead atoms. The third-order valence-corrected chi connectivity index (χ3v) is 5.90. The van der Waals surface area contributed by atoms with Crippen LogP contribution in [-0.2, 0) is 4.84 Å². The zero-order chi connectivity index (χ0) is 19.3. The molecule has 29 heavy (non-hydrogen) atoms. The van der Waals surface area contributed by atoms with E-state index in [1.165, 1.54) is 0 Å². The minimum Gasteiger partial charge on any atom is -0.457 e. The molecular weight excluding hydrogens is 488 g/mol. The van der Waals surface area contributed by atoms with Gasteiger partial charge in [0.25, 0.3) is 0 Å². The number of thiazole rings is 1. The Hall–Kier alpha value is -2.26. The van der Waals surface area contributed by atoms with Gasteiger partial charge in [0, 0.05) is 15.8 Å². The summed E-state index contributed by atoms with van der Waals surface area (Å²) in [6, 6.07) is 19.2. The molecule has 0 spiro atoms. The Bertz CT molecular complexity index is 1070. The van der Waals surface area contributed by atoms with Gasteiger partial charge in [-0.25, -0.2) is 10.5 Å². The van der Waals surface area contributed by atoms with E-state index in [1.807, 2.05) is 72.4 Å². The highest BCUT2D eigenvalue weighted by molar-refractivity contribution is 8.93. The number of ether oxygens (including phenoxy) is 1. The van der Waals surface area contributed by atoms with Crippen molar-refractivity contribution in [3.63, 3.8) is 0 Å². The van der Waals surface area contributed by atoms with Gasteiger partial charge in [-0.15, -0.1) is 39.7 Å². The van der Waals surface area contributed by atoms with Crippen LogP contribution in [0.15, 0.2) is 71.6 Å². The van der Waals surface area contributed by atoms with E-state index in [1.54, 1.807) is 22.7 Å². The van der Waals surface area contributed by atoms with Crippen molar-refractivity contribution < 1.29 is 9.57 Å². The minimum absolute atomic E-state index is 0. The summed E-state index contributed by atoms with van der Waals surface area (Å²) in [5.41, 5.74) is 7.42. The molecule has 0 radical (unpaired) electrons. The van der Waals surface area contributed by atoms with Gasteiger partial charge >= 0.3 is 0 Å². The molecule has 4 aromatic rings. The Labute approximate surface area is 192 Å². The van der Waals surface area contributed by atoms with Crippen molar-refractivity contribution in [2.45, 2.75) is 6.92 Å². The highest BCUT2D eigenvalue weighted by Gasteiger charge is 2.16. The summed E-state index contributed by atoms with van der Waals surface area (Å²) < 4.78 is 5.79. The van der Waals surface area contributed by atoms with Crippen molar-refractivity contribution in [2.75, 3.05) is 5.48 Å². The van der Waals surface area contributed by atoms with Gasteiger partial charge in [0.2, 0.25) is 5.05 Å². The summed E-state index contributed by atoms with van der Waals surface area (Å²) in [6.45, 7) is 2.05. The van der Waals surface area contributed by atoms with Gasteiger partial charge in [0.05, 0.1) is 21.8 Å². The highest BCUT2D eigenvalue weighted by atomic mass is 79.9. The molecule has 4 nitrogen and oxygen atoms in total. The van der Waals surface area contributed by atoms with Gasteiger partial charge in [-0.2, -0.15) is 0 Å². The summed E-state index contributed by atoms with van der Waals surface area (Å²) in [5, 5.41) is 2.40. The average Bonchev–Trinajstić information content (AvgIpc) is 3.37. The maximum Gasteiger partial charge on any atom is 0.236 e. The molecule has 0 unspecified atom stereocenters. The van der Waals surface area contributed by atoms with Crippen LogP contribution < -0.4 is 10.2 Å².